The van der Waals surface area contributed by atoms with E-state index in [1.807, 2.05) is 4.90 Å². The Bertz CT molecular complexity index is 1180. The molecule has 11 heteroatoms. The number of alkyl halides is 3. The summed E-state index contributed by atoms with van der Waals surface area (Å²) >= 11 is 0. The molecule has 0 spiro atoms. The highest BCUT2D eigenvalue weighted by Gasteiger charge is 2.35. The minimum atomic E-state index is -4.86. The number of aromatic nitrogens is 2. The van der Waals surface area contributed by atoms with E-state index in [9.17, 15) is 26.7 Å². The van der Waals surface area contributed by atoms with E-state index in [1.165, 1.54) is 6.07 Å². The second-order valence-electron chi connectivity index (χ2n) is 7.52. The summed E-state index contributed by atoms with van der Waals surface area (Å²) in [6.45, 7) is 1.83. The number of nitrogens with zero attached hydrogens (tertiary/aromatic N) is 3. The quantitative estimate of drug-likeness (QED) is 0.556. The fraction of sp³-hybridized carbons (Fsp3) is 0.286. The van der Waals surface area contributed by atoms with Crippen molar-refractivity contribution in [2.45, 2.75) is 18.6 Å². The average Bonchev–Trinajstić information content (AvgIpc) is 2.69. The number of primary amides is 1. The SMILES string of the molecule is NC(=O)c1cc(F)cc2c(N[C@H](CN3CCC3)c3ccc(F)c(C(F)(F)F)c3)ncnc12. The Morgan fingerprint density at radius 2 is 1.91 bits per heavy atom. The monoisotopic (exact) mass is 451 g/mol. The normalized spacial score (nSPS) is 15.4. The van der Waals surface area contributed by atoms with Crippen LogP contribution in [0.25, 0.3) is 10.9 Å². The van der Waals surface area contributed by atoms with Crippen molar-refractivity contribution in [3.63, 3.8) is 0 Å². The van der Waals surface area contributed by atoms with E-state index in [1.54, 1.807) is 0 Å². The van der Waals surface area contributed by atoms with E-state index in [0.717, 1.165) is 50.1 Å². The Labute approximate surface area is 179 Å². The molecule has 6 nitrogen and oxygen atoms in total. The first-order valence-corrected chi connectivity index (χ1v) is 9.73. The minimum Gasteiger partial charge on any atom is -0.366 e. The van der Waals surface area contributed by atoms with Crippen LogP contribution in [0.4, 0.5) is 27.8 Å². The van der Waals surface area contributed by atoms with E-state index in [2.05, 4.69) is 15.3 Å². The number of fused-ring (bicyclic) bond motifs is 1. The molecule has 0 radical (unpaired) electrons. The molecule has 168 valence electrons. The molecule has 2 heterocycles. The molecule has 1 aliphatic heterocycles. The second-order valence-corrected chi connectivity index (χ2v) is 7.52. The number of halogens is 5. The van der Waals surface area contributed by atoms with Crippen LogP contribution in [0, 0.1) is 11.6 Å². The summed E-state index contributed by atoms with van der Waals surface area (Å²) in [7, 11) is 0. The third kappa shape index (κ3) is 4.33. The maximum Gasteiger partial charge on any atom is 0.419 e. The van der Waals surface area contributed by atoms with Crippen LogP contribution in [0.5, 0.6) is 0 Å². The number of carbonyl (C=O) groups excluding carboxylic acids is 1. The fourth-order valence-electron chi connectivity index (χ4n) is 3.63. The van der Waals surface area contributed by atoms with Gasteiger partial charge in [0.2, 0.25) is 0 Å². The van der Waals surface area contributed by atoms with Crippen LogP contribution in [-0.4, -0.2) is 40.4 Å². The van der Waals surface area contributed by atoms with Crippen molar-refractivity contribution in [2.24, 2.45) is 5.73 Å². The molecule has 0 unspecified atom stereocenters. The Balaban J connectivity index is 1.78. The Kier molecular flexibility index (Phi) is 5.68. The topological polar surface area (TPSA) is 84.1 Å². The molecule has 1 saturated heterocycles. The van der Waals surface area contributed by atoms with Crippen molar-refractivity contribution < 1.29 is 26.7 Å². The van der Waals surface area contributed by atoms with Gasteiger partial charge in [0.25, 0.3) is 5.91 Å². The summed E-state index contributed by atoms with van der Waals surface area (Å²) in [6.07, 6.45) is -2.77. The van der Waals surface area contributed by atoms with Crippen molar-refractivity contribution in [3.05, 3.63) is 65.0 Å². The molecule has 3 aromatic rings. The highest BCUT2D eigenvalue weighted by molar-refractivity contribution is 6.07. The number of amides is 1. The summed E-state index contributed by atoms with van der Waals surface area (Å²) in [4.78, 5) is 21.8. The average molecular weight is 451 g/mol. The number of anilines is 1. The van der Waals surface area contributed by atoms with Crippen molar-refractivity contribution in [1.82, 2.24) is 14.9 Å². The van der Waals surface area contributed by atoms with Crippen molar-refractivity contribution >= 4 is 22.6 Å². The van der Waals surface area contributed by atoms with Gasteiger partial charge in [-0.1, -0.05) is 6.07 Å². The molecule has 1 amide bonds. The molecule has 0 saturated carbocycles. The maximum atomic E-state index is 14.1. The molecular formula is C21H18F5N5O. The smallest absolute Gasteiger partial charge is 0.366 e. The standard InChI is InChI=1S/C21H18F5N5O/c22-12-7-13(19(27)32)18-14(8-12)20(29-10-28-18)30-17(9-31-4-1-5-31)11-2-3-16(23)15(6-11)21(24,25)26/h2-3,6-8,10,17H,1,4-5,9H2,(H2,27,32)(H,28,29,30)/t17-/m1/s1. The Morgan fingerprint density at radius 3 is 2.53 bits per heavy atom. The molecule has 0 aliphatic carbocycles. The summed E-state index contributed by atoms with van der Waals surface area (Å²) < 4.78 is 67.7. The molecule has 1 fully saturated rings. The minimum absolute atomic E-state index is 0.106. The lowest BCUT2D eigenvalue weighted by Gasteiger charge is -2.35. The van der Waals surface area contributed by atoms with Crippen LogP contribution >= 0.6 is 0 Å². The van der Waals surface area contributed by atoms with Crippen LogP contribution in [0.1, 0.15) is 33.9 Å². The van der Waals surface area contributed by atoms with Gasteiger partial charge in [-0.05, 0) is 49.3 Å². The van der Waals surface area contributed by atoms with E-state index < -0.39 is 35.3 Å². The summed E-state index contributed by atoms with van der Waals surface area (Å²) in [5.74, 6) is -2.89. The molecule has 1 atom stereocenters. The van der Waals surface area contributed by atoms with Gasteiger partial charge in [-0.3, -0.25) is 4.79 Å². The van der Waals surface area contributed by atoms with E-state index in [0.29, 0.717) is 6.54 Å². The van der Waals surface area contributed by atoms with E-state index >= 15 is 0 Å². The highest BCUT2D eigenvalue weighted by Crippen LogP contribution is 2.35. The third-order valence-electron chi connectivity index (χ3n) is 5.37. The van der Waals surface area contributed by atoms with Gasteiger partial charge < -0.3 is 16.0 Å². The van der Waals surface area contributed by atoms with Gasteiger partial charge in [-0.2, -0.15) is 13.2 Å². The fourth-order valence-corrected chi connectivity index (χ4v) is 3.63. The lowest BCUT2D eigenvalue weighted by molar-refractivity contribution is -0.140. The first-order valence-electron chi connectivity index (χ1n) is 9.73. The lowest BCUT2D eigenvalue weighted by atomic mass is 10.0. The molecule has 1 aliphatic rings. The van der Waals surface area contributed by atoms with Gasteiger partial charge >= 0.3 is 6.18 Å². The largest absolute Gasteiger partial charge is 0.419 e. The van der Waals surface area contributed by atoms with Crippen LogP contribution < -0.4 is 11.1 Å². The van der Waals surface area contributed by atoms with Gasteiger partial charge in [0, 0.05) is 11.9 Å². The predicted molar refractivity (Wildman–Crippen MR) is 107 cm³/mol. The number of hydrogen-bond donors (Lipinski definition) is 2. The molecule has 0 bridgehead atoms. The van der Waals surface area contributed by atoms with E-state index in [4.69, 9.17) is 5.73 Å². The predicted octanol–water partition coefficient (Wildman–Crippen LogP) is 3.88. The number of benzene rings is 2. The molecule has 3 N–H and O–H groups in total. The molecule has 32 heavy (non-hydrogen) atoms. The first-order chi connectivity index (χ1) is 15.1. The zero-order valence-corrected chi connectivity index (χ0v) is 16.6. The van der Waals surface area contributed by atoms with Gasteiger partial charge in [-0.15, -0.1) is 0 Å². The number of rotatable bonds is 6. The number of nitrogens with one attached hydrogen (secondary N) is 1. The van der Waals surface area contributed by atoms with Crippen molar-refractivity contribution in [1.29, 1.82) is 0 Å². The second kappa shape index (κ2) is 8.30. The molecule has 1 aromatic heterocycles. The Hall–Kier alpha value is -3.34. The van der Waals surface area contributed by atoms with Gasteiger partial charge in [0.15, 0.2) is 0 Å². The van der Waals surface area contributed by atoms with Crippen LogP contribution in [0.15, 0.2) is 36.7 Å². The number of likely N-dealkylation sites (tertiary alicyclic amines) is 1. The van der Waals surface area contributed by atoms with Crippen molar-refractivity contribution in [3.8, 4) is 0 Å². The zero-order chi connectivity index (χ0) is 23.0. The first kappa shape index (κ1) is 21.9. The van der Waals surface area contributed by atoms with Crippen molar-refractivity contribution in [2.75, 3.05) is 25.0 Å². The third-order valence-corrected chi connectivity index (χ3v) is 5.37. The molecular weight excluding hydrogens is 433 g/mol. The molecule has 2 aromatic carbocycles. The van der Waals surface area contributed by atoms with Gasteiger partial charge in [0.1, 0.15) is 23.8 Å². The number of hydrogen-bond acceptors (Lipinski definition) is 5. The van der Waals surface area contributed by atoms with Gasteiger partial charge in [0.05, 0.1) is 22.7 Å². The van der Waals surface area contributed by atoms with Crippen LogP contribution in [0.2, 0.25) is 0 Å². The van der Waals surface area contributed by atoms with Gasteiger partial charge in [-0.25, -0.2) is 18.7 Å². The Morgan fingerprint density at radius 1 is 1.16 bits per heavy atom. The number of nitrogens with two attached hydrogens (primary N) is 1. The zero-order valence-electron chi connectivity index (χ0n) is 16.6. The summed E-state index contributed by atoms with van der Waals surface area (Å²) in [5, 5.41) is 3.17. The van der Waals surface area contributed by atoms with E-state index in [-0.39, 0.29) is 27.8 Å². The molecule has 4 rings (SSSR count). The summed E-state index contributed by atoms with van der Waals surface area (Å²) in [6, 6.07) is 4.12. The van der Waals surface area contributed by atoms with Crippen LogP contribution in [-0.2, 0) is 6.18 Å². The van der Waals surface area contributed by atoms with Crippen LogP contribution in [0.3, 0.4) is 0 Å². The lowest BCUT2D eigenvalue weighted by Crippen LogP contribution is -2.41. The number of carbonyl (C=O) groups is 1. The maximum absolute atomic E-state index is 14.1. The summed E-state index contributed by atoms with van der Waals surface area (Å²) in [5.41, 5.74) is 4.09. The highest BCUT2D eigenvalue weighted by atomic mass is 19.4.